The van der Waals surface area contributed by atoms with Crippen LogP contribution < -0.4 is 10.9 Å². The number of aryl methyl sites for hydroxylation is 2. The fraction of sp³-hybridized carbons (Fsp3) is 0.167. The second kappa shape index (κ2) is 6.52. The summed E-state index contributed by atoms with van der Waals surface area (Å²) in [6.45, 7) is 3.78. The number of nitrogens with one attached hydrogen (secondary N) is 2. The Labute approximate surface area is 153 Å². The van der Waals surface area contributed by atoms with Gasteiger partial charge in [-0.1, -0.05) is 0 Å². The van der Waals surface area contributed by atoms with Crippen LogP contribution >= 0.6 is 0 Å². The topological polar surface area (TPSA) is 119 Å². The van der Waals surface area contributed by atoms with Gasteiger partial charge in [0.25, 0.3) is 11.5 Å². The fourth-order valence-corrected chi connectivity index (χ4v) is 2.92. The molecule has 0 atom stereocenters. The van der Waals surface area contributed by atoms with Gasteiger partial charge in [-0.05, 0) is 31.5 Å². The first-order valence-electron chi connectivity index (χ1n) is 8.25. The van der Waals surface area contributed by atoms with Gasteiger partial charge in [0.2, 0.25) is 5.71 Å². The van der Waals surface area contributed by atoms with Crippen LogP contribution in [0.2, 0.25) is 0 Å². The number of carbonyl (C=O) groups is 1. The Kier molecular flexibility index (Phi) is 4.03. The zero-order chi connectivity index (χ0) is 19.0. The minimum absolute atomic E-state index is 0.142. The van der Waals surface area contributed by atoms with Gasteiger partial charge in [-0.25, -0.2) is 15.0 Å². The van der Waals surface area contributed by atoms with Crippen molar-refractivity contribution in [2.75, 3.05) is 0 Å². The molecule has 1 amide bonds. The highest BCUT2D eigenvalue weighted by atomic mass is 16.3. The van der Waals surface area contributed by atoms with Crippen molar-refractivity contribution in [3.63, 3.8) is 0 Å². The molecule has 4 aromatic heterocycles. The normalized spacial score (nSPS) is 11.0. The molecule has 27 heavy (non-hydrogen) atoms. The van der Waals surface area contributed by atoms with Crippen LogP contribution in [0.4, 0.5) is 0 Å². The lowest BCUT2D eigenvalue weighted by Gasteiger charge is -2.08. The van der Waals surface area contributed by atoms with E-state index in [0.717, 1.165) is 11.4 Å². The van der Waals surface area contributed by atoms with Crippen molar-refractivity contribution in [3.8, 4) is 5.82 Å². The first kappa shape index (κ1) is 16.7. The van der Waals surface area contributed by atoms with E-state index in [2.05, 4.69) is 25.3 Å². The maximum absolute atomic E-state index is 12.7. The molecule has 0 unspecified atom stereocenters. The predicted molar refractivity (Wildman–Crippen MR) is 96.6 cm³/mol. The summed E-state index contributed by atoms with van der Waals surface area (Å²) in [6, 6.07) is 3.67. The van der Waals surface area contributed by atoms with E-state index in [-0.39, 0.29) is 23.2 Å². The molecule has 136 valence electrons. The fourth-order valence-electron chi connectivity index (χ4n) is 2.92. The number of amides is 1. The Hall–Kier alpha value is -3.75. The minimum Gasteiger partial charge on any atom is -0.442 e. The van der Waals surface area contributed by atoms with Crippen LogP contribution in [0.25, 0.3) is 16.9 Å². The van der Waals surface area contributed by atoms with Crippen molar-refractivity contribution >= 4 is 17.0 Å². The SMILES string of the molecule is Cc1oc2nc[nH]c(=O)c2c1C(=O)NCc1ccnc(-n2ccnc2C)c1. The van der Waals surface area contributed by atoms with Crippen LogP contribution in [0.15, 0.2) is 46.3 Å². The Bertz CT molecular complexity index is 1200. The summed E-state index contributed by atoms with van der Waals surface area (Å²) in [5.41, 5.74) is 0.782. The number of nitrogens with zero attached hydrogens (tertiary/aromatic N) is 4. The third-order valence-corrected chi connectivity index (χ3v) is 4.23. The van der Waals surface area contributed by atoms with Gasteiger partial charge in [-0.2, -0.15) is 0 Å². The number of aromatic amines is 1. The molecule has 4 rings (SSSR count). The van der Waals surface area contributed by atoms with Gasteiger partial charge in [-0.15, -0.1) is 0 Å². The van der Waals surface area contributed by atoms with Crippen molar-refractivity contribution in [2.45, 2.75) is 20.4 Å². The summed E-state index contributed by atoms with van der Waals surface area (Å²) in [5.74, 6) is 1.47. The highest BCUT2D eigenvalue weighted by molar-refractivity contribution is 6.06. The molecule has 9 nitrogen and oxygen atoms in total. The molecule has 0 aliphatic heterocycles. The average Bonchev–Trinajstić information content (AvgIpc) is 3.23. The van der Waals surface area contributed by atoms with E-state index in [0.29, 0.717) is 11.6 Å². The molecule has 0 aliphatic rings. The summed E-state index contributed by atoms with van der Waals surface area (Å²) in [4.78, 5) is 39.6. The first-order chi connectivity index (χ1) is 13.0. The minimum atomic E-state index is -0.413. The molecule has 0 aliphatic carbocycles. The first-order valence-corrected chi connectivity index (χ1v) is 8.25. The van der Waals surface area contributed by atoms with E-state index in [9.17, 15) is 9.59 Å². The molecule has 4 aromatic rings. The van der Waals surface area contributed by atoms with Crippen molar-refractivity contribution in [2.24, 2.45) is 0 Å². The lowest BCUT2D eigenvalue weighted by molar-refractivity contribution is 0.0950. The number of furan rings is 1. The zero-order valence-corrected chi connectivity index (χ0v) is 14.7. The summed E-state index contributed by atoms with van der Waals surface area (Å²) >= 11 is 0. The quantitative estimate of drug-likeness (QED) is 0.568. The van der Waals surface area contributed by atoms with E-state index in [1.807, 2.05) is 29.8 Å². The van der Waals surface area contributed by atoms with E-state index < -0.39 is 11.5 Å². The molecule has 2 N–H and O–H groups in total. The van der Waals surface area contributed by atoms with Crippen LogP contribution in [-0.4, -0.2) is 30.4 Å². The Balaban J connectivity index is 1.58. The number of fused-ring (bicyclic) bond motifs is 1. The lowest BCUT2D eigenvalue weighted by Crippen LogP contribution is -2.24. The zero-order valence-electron chi connectivity index (χ0n) is 14.7. The smallest absolute Gasteiger partial charge is 0.262 e. The van der Waals surface area contributed by atoms with Crippen LogP contribution in [0, 0.1) is 13.8 Å². The summed E-state index contributed by atoms with van der Waals surface area (Å²) in [6.07, 6.45) is 6.43. The maximum Gasteiger partial charge on any atom is 0.262 e. The number of hydrogen-bond donors (Lipinski definition) is 2. The second-order valence-electron chi connectivity index (χ2n) is 5.99. The number of carbonyl (C=O) groups excluding carboxylic acids is 1. The van der Waals surface area contributed by atoms with Gasteiger partial charge in [0.05, 0.1) is 11.9 Å². The summed E-state index contributed by atoms with van der Waals surface area (Å²) in [7, 11) is 0. The Morgan fingerprint density at radius 1 is 1.26 bits per heavy atom. The van der Waals surface area contributed by atoms with E-state index in [1.54, 1.807) is 19.3 Å². The molecule has 0 bridgehead atoms. The highest BCUT2D eigenvalue weighted by Gasteiger charge is 2.21. The number of H-pyrrole nitrogens is 1. The molecule has 0 aromatic carbocycles. The number of pyridine rings is 1. The molecule has 0 radical (unpaired) electrons. The van der Waals surface area contributed by atoms with Gasteiger partial charge in [-0.3, -0.25) is 14.2 Å². The number of hydrogen-bond acceptors (Lipinski definition) is 6. The molecule has 0 fully saturated rings. The summed E-state index contributed by atoms with van der Waals surface area (Å²) in [5, 5.41) is 2.97. The van der Waals surface area contributed by atoms with Crippen molar-refractivity contribution in [1.29, 1.82) is 0 Å². The third-order valence-electron chi connectivity index (χ3n) is 4.23. The number of rotatable bonds is 4. The van der Waals surface area contributed by atoms with Crippen molar-refractivity contribution in [3.05, 3.63) is 70.1 Å². The number of imidazole rings is 1. The Morgan fingerprint density at radius 2 is 2.11 bits per heavy atom. The standard InChI is InChI=1S/C18H16N6O3/c1-10-14(15-17(26)22-9-23-18(15)27-10)16(25)21-8-12-3-4-20-13(7-12)24-6-5-19-11(24)2/h3-7,9H,8H2,1-2H3,(H,21,25)(H,22,23,26). The Morgan fingerprint density at radius 3 is 2.89 bits per heavy atom. The second-order valence-corrected chi connectivity index (χ2v) is 5.99. The van der Waals surface area contributed by atoms with Crippen LogP contribution in [-0.2, 0) is 6.54 Å². The van der Waals surface area contributed by atoms with Crippen molar-refractivity contribution in [1.82, 2.24) is 29.8 Å². The highest BCUT2D eigenvalue weighted by Crippen LogP contribution is 2.20. The molecule has 4 heterocycles. The summed E-state index contributed by atoms with van der Waals surface area (Å²) < 4.78 is 7.27. The van der Waals surface area contributed by atoms with Gasteiger partial charge in [0.1, 0.15) is 22.8 Å². The van der Waals surface area contributed by atoms with Gasteiger partial charge < -0.3 is 14.7 Å². The van der Waals surface area contributed by atoms with Gasteiger partial charge in [0, 0.05) is 25.1 Å². The van der Waals surface area contributed by atoms with Crippen LogP contribution in [0.1, 0.15) is 27.5 Å². The molecule has 9 heteroatoms. The van der Waals surface area contributed by atoms with Crippen molar-refractivity contribution < 1.29 is 9.21 Å². The predicted octanol–water partition coefficient (Wildman–Crippen LogP) is 1.64. The lowest BCUT2D eigenvalue weighted by atomic mass is 10.1. The average molecular weight is 364 g/mol. The third kappa shape index (κ3) is 2.99. The van der Waals surface area contributed by atoms with Crippen LogP contribution in [0.3, 0.4) is 0 Å². The van der Waals surface area contributed by atoms with Crippen LogP contribution in [0.5, 0.6) is 0 Å². The van der Waals surface area contributed by atoms with Gasteiger partial charge >= 0.3 is 0 Å². The largest absolute Gasteiger partial charge is 0.442 e. The van der Waals surface area contributed by atoms with Gasteiger partial charge in [0.15, 0.2) is 0 Å². The molecular formula is C18H16N6O3. The molecule has 0 saturated heterocycles. The van der Waals surface area contributed by atoms with E-state index in [4.69, 9.17) is 4.42 Å². The molecule has 0 saturated carbocycles. The molecular weight excluding hydrogens is 348 g/mol. The number of aromatic nitrogens is 5. The maximum atomic E-state index is 12.7. The van der Waals surface area contributed by atoms with E-state index in [1.165, 1.54) is 6.33 Å². The molecule has 0 spiro atoms. The van der Waals surface area contributed by atoms with E-state index >= 15 is 0 Å². The monoisotopic (exact) mass is 364 g/mol.